The highest BCUT2D eigenvalue weighted by Crippen LogP contribution is 2.41. The molecule has 0 bridgehead atoms. The molecule has 5 rings (SSSR count). The fourth-order valence-corrected chi connectivity index (χ4v) is 4.02. The normalized spacial score (nSPS) is 16.8. The summed E-state index contributed by atoms with van der Waals surface area (Å²) in [5, 5.41) is 10.3. The number of fused-ring (bicyclic) bond motifs is 2. The number of alkyl halides is 3. The largest absolute Gasteiger partial charge is 0.455 e. The number of carbonyl (C=O) groups excluding carboxylic acids is 1. The SMILES string of the molecule is CC(C)(O)c1nc(C(F)(F)F)c(C(=O)N2CCc3[nH]cnc3[C@H]2c2oc3ccccc3c2F)o1. The molecule has 1 aromatic carbocycles. The Hall–Kier alpha value is -3.67. The van der Waals surface area contributed by atoms with Crippen molar-refractivity contribution in [2.45, 2.75) is 38.1 Å². The number of aliphatic hydroxyl groups is 1. The Labute approximate surface area is 189 Å². The number of nitrogens with one attached hydrogen (secondary N) is 1. The molecule has 34 heavy (non-hydrogen) atoms. The van der Waals surface area contributed by atoms with Gasteiger partial charge in [0, 0.05) is 18.7 Å². The molecule has 1 atom stereocenters. The molecular formula is C22H18F4N4O4. The average Bonchev–Trinajstić information content (AvgIpc) is 3.49. The van der Waals surface area contributed by atoms with E-state index in [9.17, 15) is 23.1 Å². The molecule has 0 unspecified atom stereocenters. The molecule has 8 nitrogen and oxygen atoms in total. The van der Waals surface area contributed by atoms with Gasteiger partial charge >= 0.3 is 6.18 Å². The Balaban J connectivity index is 1.67. The van der Waals surface area contributed by atoms with Gasteiger partial charge in [0.15, 0.2) is 17.3 Å². The van der Waals surface area contributed by atoms with E-state index in [-0.39, 0.29) is 35.4 Å². The van der Waals surface area contributed by atoms with E-state index in [1.54, 1.807) is 12.1 Å². The fraction of sp³-hybridized carbons (Fsp3) is 0.318. The molecule has 1 aliphatic heterocycles. The number of amides is 1. The lowest BCUT2D eigenvalue weighted by atomic mass is 9.99. The Morgan fingerprint density at radius 3 is 2.65 bits per heavy atom. The molecule has 0 radical (unpaired) electrons. The molecule has 12 heteroatoms. The Morgan fingerprint density at radius 2 is 1.97 bits per heavy atom. The van der Waals surface area contributed by atoms with Crippen molar-refractivity contribution < 1.29 is 36.3 Å². The van der Waals surface area contributed by atoms with Gasteiger partial charge in [0.2, 0.25) is 11.7 Å². The second kappa shape index (κ2) is 7.42. The van der Waals surface area contributed by atoms with E-state index in [1.807, 2.05) is 0 Å². The number of rotatable bonds is 3. The van der Waals surface area contributed by atoms with Gasteiger partial charge in [0.1, 0.15) is 17.2 Å². The summed E-state index contributed by atoms with van der Waals surface area (Å²) in [6.45, 7) is 2.28. The van der Waals surface area contributed by atoms with Gasteiger partial charge in [-0.05, 0) is 26.0 Å². The van der Waals surface area contributed by atoms with Crippen LogP contribution < -0.4 is 0 Å². The maximum Gasteiger partial charge on any atom is 0.437 e. The zero-order valence-corrected chi connectivity index (χ0v) is 17.9. The zero-order chi connectivity index (χ0) is 24.4. The van der Waals surface area contributed by atoms with Gasteiger partial charge in [-0.25, -0.2) is 14.4 Å². The van der Waals surface area contributed by atoms with Crippen LogP contribution in [0.2, 0.25) is 0 Å². The quantitative estimate of drug-likeness (QED) is 0.425. The van der Waals surface area contributed by atoms with Crippen LogP contribution in [0.4, 0.5) is 17.6 Å². The summed E-state index contributed by atoms with van der Waals surface area (Å²) < 4.78 is 67.4. The predicted octanol–water partition coefficient (Wildman–Crippen LogP) is 4.32. The second-order valence-corrected chi connectivity index (χ2v) is 8.45. The van der Waals surface area contributed by atoms with Crippen LogP contribution in [-0.2, 0) is 18.2 Å². The van der Waals surface area contributed by atoms with Gasteiger partial charge in [0.25, 0.3) is 5.91 Å². The van der Waals surface area contributed by atoms with E-state index in [2.05, 4.69) is 15.0 Å². The summed E-state index contributed by atoms with van der Waals surface area (Å²) in [5.74, 6) is -3.98. The Bertz CT molecular complexity index is 1400. The van der Waals surface area contributed by atoms with Crippen molar-refractivity contribution in [2.24, 2.45) is 0 Å². The summed E-state index contributed by atoms with van der Waals surface area (Å²) in [4.78, 5) is 24.9. The molecule has 0 aliphatic carbocycles. The second-order valence-electron chi connectivity index (χ2n) is 8.45. The number of carbonyl (C=O) groups is 1. The number of halogens is 4. The number of imidazole rings is 1. The summed E-state index contributed by atoms with van der Waals surface area (Å²) in [6.07, 6.45) is -3.45. The molecule has 4 heterocycles. The maximum absolute atomic E-state index is 15.4. The van der Waals surface area contributed by atoms with E-state index in [0.717, 1.165) is 4.90 Å². The van der Waals surface area contributed by atoms with E-state index in [4.69, 9.17) is 8.83 Å². The van der Waals surface area contributed by atoms with Crippen molar-refractivity contribution in [1.29, 1.82) is 0 Å². The van der Waals surface area contributed by atoms with Crippen molar-refractivity contribution in [3.8, 4) is 0 Å². The minimum absolute atomic E-state index is 0.0783. The van der Waals surface area contributed by atoms with Crippen LogP contribution in [0.1, 0.15) is 59.2 Å². The average molecular weight is 478 g/mol. The van der Waals surface area contributed by atoms with E-state index >= 15 is 4.39 Å². The van der Waals surface area contributed by atoms with Gasteiger partial charge in [-0.15, -0.1) is 0 Å². The van der Waals surface area contributed by atoms with Gasteiger partial charge in [-0.1, -0.05) is 12.1 Å². The third kappa shape index (κ3) is 3.45. The highest BCUT2D eigenvalue weighted by atomic mass is 19.4. The van der Waals surface area contributed by atoms with Crippen LogP contribution in [0.5, 0.6) is 0 Å². The molecular weight excluding hydrogens is 460 g/mol. The Morgan fingerprint density at radius 1 is 1.24 bits per heavy atom. The number of nitrogens with zero attached hydrogens (tertiary/aromatic N) is 3. The predicted molar refractivity (Wildman–Crippen MR) is 108 cm³/mol. The van der Waals surface area contributed by atoms with Gasteiger partial charge in [-0.3, -0.25) is 4.79 Å². The first-order chi connectivity index (χ1) is 16.0. The van der Waals surface area contributed by atoms with Crippen LogP contribution in [0.3, 0.4) is 0 Å². The molecule has 1 amide bonds. The van der Waals surface area contributed by atoms with Crippen LogP contribution >= 0.6 is 0 Å². The lowest BCUT2D eigenvalue weighted by Gasteiger charge is -2.33. The van der Waals surface area contributed by atoms with E-state index in [0.29, 0.717) is 5.69 Å². The number of benzene rings is 1. The summed E-state index contributed by atoms with van der Waals surface area (Å²) in [6, 6.07) is 5.02. The van der Waals surface area contributed by atoms with Crippen molar-refractivity contribution in [3.05, 3.63) is 70.9 Å². The van der Waals surface area contributed by atoms with Crippen molar-refractivity contribution in [2.75, 3.05) is 6.54 Å². The number of hydrogen-bond acceptors (Lipinski definition) is 6. The first-order valence-electron chi connectivity index (χ1n) is 10.3. The van der Waals surface area contributed by atoms with Crippen molar-refractivity contribution in [3.63, 3.8) is 0 Å². The van der Waals surface area contributed by atoms with E-state index in [1.165, 1.54) is 32.3 Å². The molecule has 0 saturated heterocycles. The topological polar surface area (TPSA) is 108 Å². The zero-order valence-electron chi connectivity index (χ0n) is 17.9. The van der Waals surface area contributed by atoms with Crippen molar-refractivity contribution >= 4 is 16.9 Å². The molecule has 3 aromatic heterocycles. The highest BCUT2D eigenvalue weighted by molar-refractivity contribution is 5.93. The van der Waals surface area contributed by atoms with Gasteiger partial charge in [-0.2, -0.15) is 13.2 Å². The number of oxazole rings is 1. The number of H-pyrrole nitrogens is 1. The van der Waals surface area contributed by atoms with Crippen LogP contribution in [-0.4, -0.2) is 37.4 Å². The molecule has 2 N–H and O–H groups in total. The number of furan rings is 1. The first kappa shape index (κ1) is 22.1. The third-order valence-electron chi connectivity index (χ3n) is 5.61. The first-order valence-corrected chi connectivity index (χ1v) is 10.3. The fourth-order valence-electron chi connectivity index (χ4n) is 4.02. The standard InChI is InChI=1S/C22H18F4N4O4/c1-21(2,32)20-29-18(22(24,25)26)17(34-20)19(31)30-8-7-11-14(28-9-27-11)15(30)16-13(23)10-5-3-4-6-12(10)33-16/h3-6,9,15,32H,7-8H2,1-2H3,(H,27,28)/t15-/m0/s1. The molecule has 0 saturated carbocycles. The van der Waals surface area contributed by atoms with Gasteiger partial charge < -0.3 is 23.8 Å². The monoisotopic (exact) mass is 478 g/mol. The number of hydrogen-bond donors (Lipinski definition) is 2. The van der Waals surface area contributed by atoms with Crippen molar-refractivity contribution in [1.82, 2.24) is 19.9 Å². The van der Waals surface area contributed by atoms with Gasteiger partial charge in [0.05, 0.1) is 17.4 Å². The summed E-state index contributed by atoms with van der Waals surface area (Å²) >= 11 is 0. The van der Waals surface area contributed by atoms with Crippen LogP contribution in [0.25, 0.3) is 11.0 Å². The summed E-state index contributed by atoms with van der Waals surface area (Å²) in [5.41, 5.74) is -2.40. The third-order valence-corrected chi connectivity index (χ3v) is 5.61. The smallest absolute Gasteiger partial charge is 0.437 e. The minimum Gasteiger partial charge on any atom is -0.455 e. The molecule has 178 valence electrons. The molecule has 1 aliphatic rings. The lowest BCUT2D eigenvalue weighted by Crippen LogP contribution is -2.41. The minimum atomic E-state index is -5.04. The Kier molecular flexibility index (Phi) is 4.83. The maximum atomic E-state index is 15.4. The molecule has 4 aromatic rings. The number of aromatic nitrogens is 3. The van der Waals surface area contributed by atoms with Crippen LogP contribution in [0, 0.1) is 5.82 Å². The molecule has 0 fully saturated rings. The number of aromatic amines is 1. The summed E-state index contributed by atoms with van der Waals surface area (Å²) in [7, 11) is 0. The number of para-hydroxylation sites is 1. The van der Waals surface area contributed by atoms with E-state index < -0.39 is 46.9 Å². The highest BCUT2D eigenvalue weighted by Gasteiger charge is 2.47. The molecule has 0 spiro atoms. The lowest BCUT2D eigenvalue weighted by molar-refractivity contribution is -0.141. The van der Waals surface area contributed by atoms with Crippen LogP contribution in [0.15, 0.2) is 39.4 Å².